The molecule has 1 aromatic heterocycles. The van der Waals surface area contributed by atoms with Gasteiger partial charge in [0.25, 0.3) is 11.6 Å². The maximum Gasteiger partial charge on any atom is 0.282 e. The number of phenols is 1. The van der Waals surface area contributed by atoms with Crippen molar-refractivity contribution >= 4 is 17.5 Å². The monoisotopic (exact) mass is 260 g/mol. The van der Waals surface area contributed by atoms with Gasteiger partial charge in [0.1, 0.15) is 11.3 Å². The van der Waals surface area contributed by atoms with E-state index in [1.807, 2.05) is 0 Å². The van der Waals surface area contributed by atoms with Gasteiger partial charge in [0, 0.05) is 18.5 Å². The maximum atomic E-state index is 11.9. The van der Waals surface area contributed by atoms with Crippen LogP contribution in [0, 0.1) is 10.1 Å². The second kappa shape index (κ2) is 5.08. The van der Waals surface area contributed by atoms with Crippen molar-refractivity contribution in [2.75, 3.05) is 5.32 Å². The highest BCUT2D eigenvalue weighted by molar-refractivity contribution is 6.06. The van der Waals surface area contributed by atoms with Gasteiger partial charge in [0.15, 0.2) is 0 Å². The lowest BCUT2D eigenvalue weighted by atomic mass is 10.1. The quantitative estimate of drug-likeness (QED) is 0.635. The number of hydrogen-bond donors (Lipinski definition) is 2. The van der Waals surface area contributed by atoms with Crippen LogP contribution in [-0.4, -0.2) is 25.9 Å². The normalized spacial score (nSPS) is 9.89. The molecular weight excluding hydrogens is 252 g/mol. The van der Waals surface area contributed by atoms with E-state index in [0.29, 0.717) is 0 Å². The van der Waals surface area contributed by atoms with Crippen molar-refractivity contribution in [2.24, 2.45) is 0 Å². The number of benzene rings is 1. The lowest BCUT2D eigenvalue weighted by Crippen LogP contribution is -2.15. The van der Waals surface area contributed by atoms with Crippen molar-refractivity contribution in [3.63, 3.8) is 0 Å². The molecule has 1 heterocycles. The smallest absolute Gasteiger partial charge is 0.282 e. The number of nitrogens with zero attached hydrogens (tertiary/aromatic N) is 3. The minimum atomic E-state index is -0.770. The lowest BCUT2D eigenvalue weighted by molar-refractivity contribution is -0.385. The molecule has 0 radical (unpaired) electrons. The number of aromatic hydroxyl groups is 1. The topological polar surface area (TPSA) is 118 Å². The van der Waals surface area contributed by atoms with Crippen LogP contribution in [0.25, 0.3) is 0 Å². The molecule has 2 rings (SSSR count). The number of hydrogen-bond acceptors (Lipinski definition) is 6. The number of carbonyl (C=O) groups excluding carboxylic acids is 1. The van der Waals surface area contributed by atoms with Gasteiger partial charge < -0.3 is 5.11 Å². The second-order valence-corrected chi connectivity index (χ2v) is 3.49. The van der Waals surface area contributed by atoms with Gasteiger partial charge in [-0.05, 0) is 18.2 Å². The highest BCUT2D eigenvalue weighted by atomic mass is 16.6. The van der Waals surface area contributed by atoms with Crippen molar-refractivity contribution < 1.29 is 14.8 Å². The summed E-state index contributed by atoms with van der Waals surface area (Å²) in [6.45, 7) is 0. The predicted molar refractivity (Wildman–Crippen MR) is 64.7 cm³/mol. The molecule has 8 heteroatoms. The first-order valence-corrected chi connectivity index (χ1v) is 5.13. The number of nitro groups is 1. The number of carbonyl (C=O) groups is 1. The first kappa shape index (κ1) is 12.4. The van der Waals surface area contributed by atoms with Gasteiger partial charge in [-0.2, -0.15) is 0 Å². The van der Waals surface area contributed by atoms with Crippen molar-refractivity contribution in [1.29, 1.82) is 0 Å². The Bertz CT molecular complexity index is 630. The Kier molecular flexibility index (Phi) is 3.33. The minimum absolute atomic E-state index is 0.0186. The number of phenolic OH excluding ortho intramolecular Hbond substituents is 1. The first-order chi connectivity index (χ1) is 9.08. The van der Waals surface area contributed by atoms with Gasteiger partial charge in [-0.3, -0.25) is 20.2 Å². The number of rotatable bonds is 3. The van der Waals surface area contributed by atoms with Gasteiger partial charge in [-0.1, -0.05) is 0 Å². The van der Waals surface area contributed by atoms with Crippen LogP contribution >= 0.6 is 0 Å². The van der Waals surface area contributed by atoms with E-state index in [0.717, 1.165) is 18.2 Å². The van der Waals surface area contributed by atoms with Crippen LogP contribution in [0.4, 0.5) is 11.6 Å². The average molecular weight is 260 g/mol. The molecule has 0 atom stereocenters. The second-order valence-electron chi connectivity index (χ2n) is 3.49. The summed E-state index contributed by atoms with van der Waals surface area (Å²) in [5, 5.41) is 22.4. The number of anilines is 1. The molecule has 0 fully saturated rings. The molecule has 0 aliphatic rings. The van der Waals surface area contributed by atoms with Gasteiger partial charge >= 0.3 is 0 Å². The molecule has 0 aliphatic carbocycles. The minimum Gasteiger partial charge on any atom is -0.508 e. The molecule has 0 aliphatic heterocycles. The highest BCUT2D eigenvalue weighted by Crippen LogP contribution is 2.23. The van der Waals surface area contributed by atoms with Crippen LogP contribution in [0.15, 0.2) is 36.7 Å². The summed E-state index contributed by atoms with van der Waals surface area (Å²) in [6, 6.07) is 4.76. The van der Waals surface area contributed by atoms with E-state index in [4.69, 9.17) is 0 Å². The largest absolute Gasteiger partial charge is 0.508 e. The fraction of sp³-hybridized carbons (Fsp3) is 0. The number of nitrogens with one attached hydrogen (secondary N) is 1. The summed E-state index contributed by atoms with van der Waals surface area (Å²) in [4.78, 5) is 29.5. The molecule has 2 aromatic rings. The van der Waals surface area contributed by atoms with E-state index in [1.165, 1.54) is 12.4 Å². The summed E-state index contributed by atoms with van der Waals surface area (Å²) in [5.41, 5.74) is -0.677. The summed E-state index contributed by atoms with van der Waals surface area (Å²) in [6.07, 6.45) is 2.83. The van der Waals surface area contributed by atoms with Gasteiger partial charge in [-0.15, -0.1) is 0 Å². The van der Waals surface area contributed by atoms with Crippen molar-refractivity contribution in [3.05, 3.63) is 52.3 Å². The van der Waals surface area contributed by atoms with Crippen molar-refractivity contribution in [1.82, 2.24) is 9.97 Å². The van der Waals surface area contributed by atoms with Gasteiger partial charge in [0.05, 0.1) is 4.92 Å². The molecule has 0 bridgehead atoms. The van der Waals surface area contributed by atoms with Crippen molar-refractivity contribution in [2.45, 2.75) is 0 Å². The van der Waals surface area contributed by atoms with Crippen LogP contribution in [0.3, 0.4) is 0 Å². The van der Waals surface area contributed by atoms with E-state index in [9.17, 15) is 20.0 Å². The molecule has 19 heavy (non-hydrogen) atoms. The number of nitro benzene ring substituents is 1. The van der Waals surface area contributed by atoms with E-state index in [1.54, 1.807) is 6.07 Å². The highest BCUT2D eigenvalue weighted by Gasteiger charge is 2.21. The predicted octanol–water partition coefficient (Wildman–Crippen LogP) is 1.34. The van der Waals surface area contributed by atoms with E-state index in [2.05, 4.69) is 15.3 Å². The Labute approximate surface area is 106 Å². The van der Waals surface area contributed by atoms with Crippen LogP contribution < -0.4 is 5.32 Å². The van der Waals surface area contributed by atoms with Crippen LogP contribution in [-0.2, 0) is 0 Å². The van der Waals surface area contributed by atoms with E-state index < -0.39 is 16.5 Å². The van der Waals surface area contributed by atoms with Gasteiger partial charge in [-0.25, -0.2) is 9.97 Å². The van der Waals surface area contributed by atoms with Gasteiger partial charge in [0.2, 0.25) is 5.95 Å². The Morgan fingerprint density at radius 3 is 2.63 bits per heavy atom. The zero-order valence-corrected chi connectivity index (χ0v) is 9.48. The molecule has 0 spiro atoms. The molecule has 0 saturated carbocycles. The fourth-order valence-electron chi connectivity index (χ4n) is 1.40. The zero-order chi connectivity index (χ0) is 13.8. The summed E-state index contributed by atoms with van der Waals surface area (Å²) < 4.78 is 0. The number of aromatic nitrogens is 2. The van der Waals surface area contributed by atoms with Crippen LogP contribution in [0.2, 0.25) is 0 Å². The SMILES string of the molecule is O=C(Nc1ncccn1)c1cc(O)ccc1[N+](=O)[O-]. The van der Waals surface area contributed by atoms with Crippen molar-refractivity contribution in [3.8, 4) is 5.75 Å². The third-order valence-electron chi connectivity index (χ3n) is 2.21. The van der Waals surface area contributed by atoms with Crippen LogP contribution in [0.5, 0.6) is 5.75 Å². The summed E-state index contributed by atoms with van der Waals surface area (Å²) >= 11 is 0. The van der Waals surface area contributed by atoms with E-state index >= 15 is 0 Å². The maximum absolute atomic E-state index is 11.9. The molecule has 0 saturated heterocycles. The first-order valence-electron chi connectivity index (χ1n) is 5.13. The Balaban J connectivity index is 2.33. The van der Waals surface area contributed by atoms with E-state index in [-0.39, 0.29) is 17.3 Å². The lowest BCUT2D eigenvalue weighted by Gasteiger charge is -2.04. The van der Waals surface area contributed by atoms with Crippen LogP contribution in [0.1, 0.15) is 10.4 Å². The molecule has 1 aromatic carbocycles. The third-order valence-corrected chi connectivity index (χ3v) is 2.21. The Hall–Kier alpha value is -3.03. The summed E-state index contributed by atoms with van der Waals surface area (Å²) in [5.74, 6) is -0.997. The molecule has 0 unspecified atom stereocenters. The Morgan fingerprint density at radius 1 is 1.32 bits per heavy atom. The molecular formula is C11H8N4O4. The molecule has 1 amide bonds. The standard InChI is InChI=1S/C11H8N4O4/c16-7-2-3-9(15(18)19)8(6-7)10(17)14-11-12-4-1-5-13-11/h1-6,16H,(H,12,13,14,17). The average Bonchev–Trinajstić information content (AvgIpc) is 2.39. The third kappa shape index (κ3) is 2.80. The zero-order valence-electron chi connectivity index (χ0n) is 9.48. The fourth-order valence-corrected chi connectivity index (χ4v) is 1.40. The molecule has 8 nitrogen and oxygen atoms in total. The number of amides is 1. The summed E-state index contributed by atoms with van der Waals surface area (Å²) in [7, 11) is 0. The molecule has 96 valence electrons. The molecule has 2 N–H and O–H groups in total. The Morgan fingerprint density at radius 2 is 2.00 bits per heavy atom.